The van der Waals surface area contributed by atoms with E-state index in [2.05, 4.69) is 62.1 Å². The van der Waals surface area contributed by atoms with Crippen LogP contribution in [0.2, 0.25) is 31.7 Å². The lowest BCUT2D eigenvalue weighted by Crippen LogP contribution is -2.43. The molecule has 2 rings (SSSR count). The molecule has 0 radical (unpaired) electrons. The van der Waals surface area contributed by atoms with E-state index in [9.17, 15) is 0 Å². The average Bonchev–Trinajstić information content (AvgIpc) is 2.70. The molecule has 2 aromatic carbocycles. The maximum absolute atomic E-state index is 5.35. The highest BCUT2D eigenvalue weighted by Crippen LogP contribution is 2.16. The maximum Gasteiger partial charge on any atom is 0.500 e. The standard InChI is InChI=1S/C11H18O3Si.C11H18Si/c1-12-15(13-2,14-3)10-9-11-7-5-4-6-8-11;1-12(2,3)10-9-11-7-5-4-6-8-11/h4-8H,9-10H2,1-3H3;4-8H,9-10H2,1-3H3. The van der Waals surface area contributed by atoms with Gasteiger partial charge in [-0.2, -0.15) is 0 Å². The summed E-state index contributed by atoms with van der Waals surface area (Å²) in [5, 5.41) is 0. The summed E-state index contributed by atoms with van der Waals surface area (Å²) in [6, 6.07) is 23.3. The molecule has 0 fully saturated rings. The Morgan fingerprint density at radius 2 is 0.963 bits per heavy atom. The number of hydrogen-bond donors (Lipinski definition) is 0. The van der Waals surface area contributed by atoms with E-state index in [0.717, 1.165) is 12.5 Å². The monoisotopic (exact) mass is 404 g/mol. The molecule has 27 heavy (non-hydrogen) atoms. The van der Waals surface area contributed by atoms with Crippen molar-refractivity contribution >= 4 is 16.9 Å². The predicted molar refractivity (Wildman–Crippen MR) is 120 cm³/mol. The first-order valence-electron chi connectivity index (χ1n) is 9.57. The molecule has 0 saturated carbocycles. The molecule has 0 aromatic heterocycles. The summed E-state index contributed by atoms with van der Waals surface area (Å²) in [6.07, 6.45) is 2.18. The summed E-state index contributed by atoms with van der Waals surface area (Å²) < 4.78 is 16.1. The Labute approximate surface area is 168 Å². The van der Waals surface area contributed by atoms with E-state index >= 15 is 0 Å². The number of rotatable bonds is 9. The Morgan fingerprint density at radius 3 is 1.30 bits per heavy atom. The Balaban J connectivity index is 0.000000277. The second kappa shape index (κ2) is 12.3. The summed E-state index contributed by atoms with van der Waals surface area (Å²) in [5.41, 5.74) is 2.76. The van der Waals surface area contributed by atoms with Crippen molar-refractivity contribution in [3.05, 3.63) is 71.8 Å². The summed E-state index contributed by atoms with van der Waals surface area (Å²) in [7, 11) is 1.69. The molecule has 0 saturated heterocycles. The molecule has 0 spiro atoms. The van der Waals surface area contributed by atoms with Gasteiger partial charge < -0.3 is 13.3 Å². The van der Waals surface area contributed by atoms with Crippen LogP contribution in [0.4, 0.5) is 0 Å². The van der Waals surface area contributed by atoms with Gasteiger partial charge in [0.2, 0.25) is 0 Å². The second-order valence-corrected chi connectivity index (χ2v) is 16.5. The first-order valence-corrected chi connectivity index (χ1v) is 15.2. The van der Waals surface area contributed by atoms with Gasteiger partial charge in [-0.15, -0.1) is 0 Å². The van der Waals surface area contributed by atoms with Gasteiger partial charge in [-0.3, -0.25) is 0 Å². The molecule has 0 unspecified atom stereocenters. The highest BCUT2D eigenvalue weighted by molar-refractivity contribution is 6.76. The van der Waals surface area contributed by atoms with Crippen LogP contribution < -0.4 is 0 Å². The smallest absolute Gasteiger partial charge is 0.377 e. The average molecular weight is 405 g/mol. The summed E-state index contributed by atoms with van der Waals surface area (Å²) in [5.74, 6) is 0. The highest BCUT2D eigenvalue weighted by Gasteiger charge is 2.36. The molecule has 0 atom stereocenters. The summed E-state index contributed by atoms with van der Waals surface area (Å²) >= 11 is 0. The van der Waals surface area contributed by atoms with Crippen LogP contribution in [0.15, 0.2) is 60.7 Å². The molecule has 3 nitrogen and oxygen atoms in total. The van der Waals surface area contributed by atoms with Gasteiger partial charge in [-0.25, -0.2) is 0 Å². The molecule has 0 bridgehead atoms. The fraction of sp³-hybridized carbons (Fsp3) is 0.455. The molecule has 5 heteroatoms. The first kappa shape index (κ1) is 23.8. The third-order valence-corrected chi connectivity index (χ3v) is 8.98. The molecular formula is C22H36O3Si2. The minimum atomic E-state index is -2.40. The third-order valence-electron chi connectivity index (χ3n) is 4.50. The molecule has 0 heterocycles. The van der Waals surface area contributed by atoms with Crippen molar-refractivity contribution in [1.82, 2.24) is 0 Å². The largest absolute Gasteiger partial charge is 0.500 e. The zero-order chi connectivity index (χ0) is 20.2. The van der Waals surface area contributed by atoms with Crippen LogP contribution in [0, 0.1) is 0 Å². The first-order chi connectivity index (χ1) is 12.8. The molecule has 0 amide bonds. The van der Waals surface area contributed by atoms with Crippen LogP contribution in [0.1, 0.15) is 11.1 Å². The third kappa shape index (κ3) is 10.0. The van der Waals surface area contributed by atoms with Crippen molar-refractivity contribution < 1.29 is 13.3 Å². The minimum Gasteiger partial charge on any atom is -0.377 e. The summed E-state index contributed by atoms with van der Waals surface area (Å²) in [4.78, 5) is 0. The van der Waals surface area contributed by atoms with Gasteiger partial charge in [0.25, 0.3) is 0 Å². The molecule has 2 aromatic rings. The van der Waals surface area contributed by atoms with E-state index in [-0.39, 0.29) is 0 Å². The molecule has 0 aliphatic rings. The fourth-order valence-corrected chi connectivity index (χ4v) is 5.41. The maximum atomic E-state index is 5.35. The Kier molecular flexibility index (Phi) is 10.8. The van der Waals surface area contributed by atoms with Crippen LogP contribution in [-0.2, 0) is 26.1 Å². The lowest BCUT2D eigenvalue weighted by atomic mass is 10.2. The van der Waals surface area contributed by atoms with E-state index in [0.29, 0.717) is 0 Å². The lowest BCUT2D eigenvalue weighted by molar-refractivity contribution is 0.123. The van der Waals surface area contributed by atoms with Gasteiger partial charge in [-0.1, -0.05) is 86.3 Å². The summed E-state index contributed by atoms with van der Waals surface area (Å²) in [6.45, 7) is 7.28. The topological polar surface area (TPSA) is 27.7 Å². The van der Waals surface area contributed by atoms with Crippen LogP contribution in [0.25, 0.3) is 0 Å². The van der Waals surface area contributed by atoms with Crippen LogP contribution in [0.5, 0.6) is 0 Å². The van der Waals surface area contributed by atoms with Crippen molar-refractivity contribution in [2.24, 2.45) is 0 Å². The van der Waals surface area contributed by atoms with Crippen LogP contribution in [0.3, 0.4) is 0 Å². The van der Waals surface area contributed by atoms with Gasteiger partial charge in [0.05, 0.1) is 0 Å². The zero-order valence-electron chi connectivity index (χ0n) is 17.8. The Morgan fingerprint density at radius 1 is 0.593 bits per heavy atom. The van der Waals surface area contributed by atoms with Gasteiger partial charge in [0, 0.05) is 35.4 Å². The molecular weight excluding hydrogens is 368 g/mol. The van der Waals surface area contributed by atoms with Crippen molar-refractivity contribution in [1.29, 1.82) is 0 Å². The highest BCUT2D eigenvalue weighted by atomic mass is 28.4. The van der Waals surface area contributed by atoms with Crippen molar-refractivity contribution in [3.63, 3.8) is 0 Å². The van der Waals surface area contributed by atoms with E-state index in [1.54, 1.807) is 21.3 Å². The van der Waals surface area contributed by atoms with Gasteiger partial charge in [0.15, 0.2) is 0 Å². The number of benzene rings is 2. The van der Waals surface area contributed by atoms with Crippen LogP contribution >= 0.6 is 0 Å². The van der Waals surface area contributed by atoms with Crippen molar-refractivity contribution in [3.8, 4) is 0 Å². The molecule has 150 valence electrons. The molecule has 0 aliphatic carbocycles. The van der Waals surface area contributed by atoms with Crippen molar-refractivity contribution in [2.75, 3.05) is 21.3 Å². The normalized spacial score (nSPS) is 11.6. The van der Waals surface area contributed by atoms with Gasteiger partial charge in [0.1, 0.15) is 0 Å². The Bertz CT molecular complexity index is 600. The van der Waals surface area contributed by atoms with Crippen molar-refractivity contribution in [2.45, 2.75) is 44.6 Å². The van der Waals surface area contributed by atoms with E-state index in [1.165, 1.54) is 23.6 Å². The predicted octanol–water partition coefficient (Wildman–Crippen LogP) is 5.67. The van der Waals surface area contributed by atoms with Gasteiger partial charge in [-0.05, 0) is 24.0 Å². The molecule has 0 aliphatic heterocycles. The number of aryl methyl sites for hydroxylation is 2. The SMILES string of the molecule is CO[Si](CCc1ccccc1)(OC)OC.C[Si](C)(C)CCc1ccccc1. The second-order valence-electron chi connectivity index (χ2n) is 7.83. The molecule has 0 N–H and O–H groups in total. The minimum absolute atomic E-state index is 0.806. The number of hydrogen-bond acceptors (Lipinski definition) is 3. The van der Waals surface area contributed by atoms with E-state index < -0.39 is 16.9 Å². The fourth-order valence-electron chi connectivity index (χ4n) is 2.66. The quantitative estimate of drug-likeness (QED) is 0.504. The Hall–Kier alpha value is -1.25. The van der Waals surface area contributed by atoms with E-state index in [1.807, 2.05) is 18.2 Å². The lowest BCUT2D eigenvalue weighted by Gasteiger charge is -2.24. The van der Waals surface area contributed by atoms with Crippen LogP contribution in [-0.4, -0.2) is 38.2 Å². The zero-order valence-corrected chi connectivity index (χ0v) is 19.8. The van der Waals surface area contributed by atoms with Gasteiger partial charge >= 0.3 is 8.80 Å². The van der Waals surface area contributed by atoms with E-state index in [4.69, 9.17) is 13.3 Å².